The molecule has 2 aliphatic heterocycles. The van der Waals surface area contributed by atoms with Crippen molar-refractivity contribution in [2.24, 2.45) is 0 Å². The summed E-state index contributed by atoms with van der Waals surface area (Å²) in [5.41, 5.74) is 7.74. The van der Waals surface area contributed by atoms with Crippen LogP contribution < -0.4 is 5.73 Å². The van der Waals surface area contributed by atoms with Crippen LogP contribution in [0.5, 0.6) is 0 Å². The van der Waals surface area contributed by atoms with Crippen LogP contribution >= 0.6 is 11.8 Å². The second-order valence-corrected chi connectivity index (χ2v) is 10.6. The molecule has 3 aromatic rings. The number of fused-ring (bicyclic) bond motifs is 1. The fraction of sp³-hybridized carbons (Fsp3) is 0.520. The van der Waals surface area contributed by atoms with E-state index in [4.69, 9.17) is 10.7 Å². The first-order valence-electron chi connectivity index (χ1n) is 12.3. The fourth-order valence-corrected chi connectivity index (χ4v) is 6.00. The summed E-state index contributed by atoms with van der Waals surface area (Å²) in [7, 11) is 0. The Balaban J connectivity index is 1.19. The minimum atomic E-state index is -1.35. The predicted molar refractivity (Wildman–Crippen MR) is 138 cm³/mol. The number of aromatic nitrogens is 5. The molecule has 8 nitrogen and oxygen atoms in total. The highest BCUT2D eigenvalue weighted by molar-refractivity contribution is 7.99. The van der Waals surface area contributed by atoms with Crippen molar-refractivity contribution in [3.05, 3.63) is 48.6 Å². The third kappa shape index (κ3) is 4.99. The molecule has 0 aromatic carbocycles. The fourth-order valence-electron chi connectivity index (χ4n) is 5.21. The lowest BCUT2D eigenvalue weighted by molar-refractivity contribution is 0.0519. The number of rotatable bonds is 7. The van der Waals surface area contributed by atoms with Crippen molar-refractivity contribution < 1.29 is 4.39 Å². The van der Waals surface area contributed by atoms with E-state index in [0.717, 1.165) is 53.6 Å². The van der Waals surface area contributed by atoms with Gasteiger partial charge >= 0.3 is 0 Å². The standard InChI is InChI=1S/C25H33FN8S/c1-3-35-24-31-21-5-4-10-28-22(21)34(24)20-6-11-33(12-7-20)18(2)25(26)8-13-32(14-9-25)17-19-15-29-23(27)30-16-19/h4-5,10,15-16,20H,2-3,6-9,11-14,17H2,1H3,(H2,27,29,30). The van der Waals surface area contributed by atoms with Gasteiger partial charge in [-0.2, -0.15) is 0 Å². The van der Waals surface area contributed by atoms with Crippen molar-refractivity contribution in [1.29, 1.82) is 0 Å². The van der Waals surface area contributed by atoms with Gasteiger partial charge in [-0.1, -0.05) is 25.3 Å². The van der Waals surface area contributed by atoms with Crippen LogP contribution in [-0.4, -0.2) is 71.9 Å². The summed E-state index contributed by atoms with van der Waals surface area (Å²) in [4.78, 5) is 21.9. The lowest BCUT2D eigenvalue weighted by Crippen LogP contribution is -2.47. The van der Waals surface area contributed by atoms with E-state index in [-0.39, 0.29) is 5.95 Å². The molecule has 35 heavy (non-hydrogen) atoms. The first-order chi connectivity index (χ1) is 17.0. The van der Waals surface area contributed by atoms with Gasteiger partial charge in [0.15, 0.2) is 16.5 Å². The largest absolute Gasteiger partial charge is 0.373 e. The van der Waals surface area contributed by atoms with E-state index < -0.39 is 5.67 Å². The van der Waals surface area contributed by atoms with Gasteiger partial charge in [0.2, 0.25) is 5.95 Å². The molecule has 0 saturated carbocycles. The van der Waals surface area contributed by atoms with Gasteiger partial charge in [-0.3, -0.25) is 4.90 Å². The van der Waals surface area contributed by atoms with Crippen LogP contribution in [0.15, 0.2) is 48.2 Å². The Morgan fingerprint density at radius 1 is 1.17 bits per heavy atom. The Morgan fingerprint density at radius 3 is 2.57 bits per heavy atom. The maximum atomic E-state index is 16.0. The van der Waals surface area contributed by atoms with Gasteiger partial charge < -0.3 is 15.2 Å². The van der Waals surface area contributed by atoms with Crippen LogP contribution in [0.4, 0.5) is 10.3 Å². The molecular formula is C25H33FN8S. The molecule has 0 spiro atoms. The number of alkyl halides is 1. The molecule has 2 aliphatic rings. The molecule has 2 fully saturated rings. The van der Waals surface area contributed by atoms with Crippen LogP contribution in [0, 0.1) is 0 Å². The second-order valence-electron chi connectivity index (χ2n) is 9.40. The normalized spacial score (nSPS) is 19.3. The Kier molecular flexibility index (Phi) is 6.93. The van der Waals surface area contributed by atoms with Crippen LogP contribution in [0.2, 0.25) is 0 Å². The third-order valence-corrected chi connectivity index (χ3v) is 8.03. The van der Waals surface area contributed by atoms with Crippen molar-refractivity contribution in [2.45, 2.75) is 56.0 Å². The Bertz CT molecular complexity index is 1160. The van der Waals surface area contributed by atoms with Crippen molar-refractivity contribution in [2.75, 3.05) is 37.7 Å². The number of nitrogens with zero attached hydrogens (tertiary/aromatic N) is 7. The molecule has 2 saturated heterocycles. The number of hydrogen-bond donors (Lipinski definition) is 1. The molecule has 0 radical (unpaired) electrons. The molecule has 186 valence electrons. The van der Waals surface area contributed by atoms with Gasteiger partial charge in [-0.05, 0) is 43.6 Å². The van der Waals surface area contributed by atoms with E-state index in [0.29, 0.717) is 44.2 Å². The summed E-state index contributed by atoms with van der Waals surface area (Å²) in [5.74, 6) is 1.24. The van der Waals surface area contributed by atoms with Crippen LogP contribution in [0.3, 0.4) is 0 Å². The zero-order valence-corrected chi connectivity index (χ0v) is 21.1. The molecule has 0 aliphatic carbocycles. The van der Waals surface area contributed by atoms with Crippen molar-refractivity contribution in [3.63, 3.8) is 0 Å². The lowest BCUT2D eigenvalue weighted by Gasteiger charge is -2.43. The van der Waals surface area contributed by atoms with E-state index in [9.17, 15) is 0 Å². The molecule has 0 amide bonds. The summed E-state index contributed by atoms with van der Waals surface area (Å²) in [6.45, 7) is 10.0. The second kappa shape index (κ2) is 10.1. The van der Waals surface area contributed by atoms with E-state index >= 15 is 4.39 Å². The molecule has 5 heterocycles. The van der Waals surface area contributed by atoms with E-state index in [1.165, 1.54) is 0 Å². The minimum absolute atomic E-state index is 0.271. The average Bonchev–Trinajstić information content (AvgIpc) is 3.25. The number of nitrogens with two attached hydrogens (primary N) is 1. The number of hydrogen-bond acceptors (Lipinski definition) is 8. The van der Waals surface area contributed by atoms with Crippen molar-refractivity contribution in [3.8, 4) is 0 Å². The van der Waals surface area contributed by atoms with Crippen LogP contribution in [0.1, 0.15) is 44.2 Å². The van der Waals surface area contributed by atoms with E-state index in [2.05, 4.69) is 42.8 Å². The highest BCUT2D eigenvalue weighted by atomic mass is 32.2. The Morgan fingerprint density at radius 2 is 1.89 bits per heavy atom. The van der Waals surface area contributed by atoms with Gasteiger partial charge in [0, 0.05) is 68.6 Å². The molecule has 0 unspecified atom stereocenters. The molecule has 5 rings (SSSR count). The quantitative estimate of drug-likeness (QED) is 0.490. The summed E-state index contributed by atoms with van der Waals surface area (Å²) < 4.78 is 18.3. The van der Waals surface area contributed by atoms with Gasteiger partial charge in [0.1, 0.15) is 5.52 Å². The summed E-state index contributed by atoms with van der Waals surface area (Å²) >= 11 is 1.75. The molecule has 0 bridgehead atoms. The first kappa shape index (κ1) is 24.0. The number of likely N-dealkylation sites (tertiary alicyclic amines) is 2. The summed E-state index contributed by atoms with van der Waals surface area (Å²) in [5, 5.41) is 1.03. The lowest BCUT2D eigenvalue weighted by atomic mass is 9.88. The minimum Gasteiger partial charge on any atom is -0.373 e. The van der Waals surface area contributed by atoms with Crippen LogP contribution in [0.25, 0.3) is 11.2 Å². The SMILES string of the molecule is C=C(N1CCC(n2c(SCC)nc3cccnc32)CC1)C1(F)CCN(Cc2cnc(N)nc2)CC1. The molecule has 10 heteroatoms. The number of piperidine rings is 2. The van der Waals surface area contributed by atoms with Crippen molar-refractivity contribution >= 4 is 28.9 Å². The smallest absolute Gasteiger partial charge is 0.219 e. The van der Waals surface area contributed by atoms with Gasteiger partial charge in [-0.25, -0.2) is 24.3 Å². The molecule has 2 N–H and O–H groups in total. The van der Waals surface area contributed by atoms with Gasteiger partial charge in [-0.15, -0.1) is 0 Å². The number of nitrogen functional groups attached to an aromatic ring is 1. The highest BCUT2D eigenvalue weighted by Gasteiger charge is 2.40. The third-order valence-electron chi connectivity index (χ3n) is 7.20. The zero-order valence-electron chi connectivity index (χ0n) is 20.2. The van der Waals surface area contributed by atoms with E-state index in [1.807, 2.05) is 18.3 Å². The number of pyridine rings is 1. The highest BCUT2D eigenvalue weighted by Crippen LogP contribution is 2.38. The zero-order chi connectivity index (χ0) is 24.4. The molecular weight excluding hydrogens is 463 g/mol. The topological polar surface area (TPSA) is 89.0 Å². The summed E-state index contributed by atoms with van der Waals surface area (Å²) in [6.07, 6.45) is 8.08. The average molecular weight is 497 g/mol. The molecule has 3 aromatic heterocycles. The maximum absolute atomic E-state index is 16.0. The predicted octanol–water partition coefficient (Wildman–Crippen LogP) is 4.07. The van der Waals surface area contributed by atoms with Crippen molar-refractivity contribution in [1.82, 2.24) is 34.3 Å². The Labute approximate surface area is 209 Å². The monoisotopic (exact) mass is 496 g/mol. The number of thioether (sulfide) groups is 1. The summed E-state index contributed by atoms with van der Waals surface area (Å²) in [6, 6.07) is 4.27. The number of anilines is 1. The first-order valence-corrected chi connectivity index (χ1v) is 13.3. The number of allylic oxidation sites excluding steroid dienone is 1. The van der Waals surface area contributed by atoms with Gasteiger partial charge in [0.25, 0.3) is 0 Å². The molecule has 0 atom stereocenters. The Hall–Kier alpha value is -2.72. The van der Waals surface area contributed by atoms with E-state index in [1.54, 1.807) is 24.2 Å². The maximum Gasteiger partial charge on any atom is 0.219 e. The number of imidazole rings is 1. The van der Waals surface area contributed by atoms with Crippen LogP contribution in [-0.2, 0) is 6.54 Å². The van der Waals surface area contributed by atoms with Gasteiger partial charge in [0.05, 0.1) is 0 Å². The number of halogens is 1.